The minimum Gasteiger partial charge on any atom is -0.304 e. The molecule has 1 amide bonds. The fourth-order valence-corrected chi connectivity index (χ4v) is 3.68. The van der Waals surface area contributed by atoms with E-state index in [-0.39, 0.29) is 5.91 Å². The van der Waals surface area contributed by atoms with Crippen molar-refractivity contribution in [1.29, 1.82) is 0 Å². The second kappa shape index (κ2) is 6.81. The fraction of sp³-hybridized carbons (Fsp3) is 0.238. The first-order valence-corrected chi connectivity index (χ1v) is 8.76. The summed E-state index contributed by atoms with van der Waals surface area (Å²) in [6.45, 7) is 7.96. The van der Waals surface area contributed by atoms with Crippen LogP contribution in [-0.2, 0) is 11.2 Å². The number of hydrogen-bond donors (Lipinski definition) is 0. The predicted octanol–water partition coefficient (Wildman–Crippen LogP) is 4.18. The maximum atomic E-state index is 12.7. The van der Waals surface area contributed by atoms with Crippen molar-refractivity contribution >= 4 is 28.9 Å². The molecule has 1 heterocycles. The number of hydrogen-bond acceptors (Lipinski definition) is 2. The molecule has 1 fully saturated rings. The van der Waals surface area contributed by atoms with Crippen molar-refractivity contribution < 1.29 is 4.79 Å². The van der Waals surface area contributed by atoms with Gasteiger partial charge in [-0.25, -0.2) is 0 Å². The van der Waals surface area contributed by atoms with Crippen LogP contribution in [0, 0.1) is 0 Å². The molecule has 0 N–H and O–H groups in total. The highest BCUT2D eigenvalue weighted by molar-refractivity contribution is 7.80. The molecule has 0 bridgehead atoms. The third kappa shape index (κ3) is 3.22. The maximum Gasteiger partial charge on any atom is 0.254 e. The summed E-state index contributed by atoms with van der Waals surface area (Å²) >= 11 is 5.56. The number of benzene rings is 2. The second-order valence-electron chi connectivity index (χ2n) is 6.71. The van der Waals surface area contributed by atoms with Gasteiger partial charge in [0.05, 0.1) is 0 Å². The Kier molecular flexibility index (Phi) is 4.73. The van der Waals surface area contributed by atoms with Crippen LogP contribution in [0.2, 0.25) is 0 Å². The van der Waals surface area contributed by atoms with Gasteiger partial charge in [0.1, 0.15) is 5.54 Å². The van der Waals surface area contributed by atoms with Crippen LogP contribution >= 0.6 is 12.2 Å². The Morgan fingerprint density at radius 1 is 1.04 bits per heavy atom. The quantitative estimate of drug-likeness (QED) is 0.597. The largest absolute Gasteiger partial charge is 0.304 e. The fourth-order valence-electron chi connectivity index (χ4n) is 3.19. The highest BCUT2D eigenvalue weighted by atomic mass is 32.1. The Balaban J connectivity index is 1.85. The van der Waals surface area contributed by atoms with Crippen LogP contribution in [0.5, 0.6) is 0 Å². The average Bonchev–Trinajstić information content (AvgIpc) is 2.77. The van der Waals surface area contributed by atoms with Gasteiger partial charge in [-0.05, 0) is 55.7 Å². The van der Waals surface area contributed by atoms with Crippen molar-refractivity contribution in [2.75, 3.05) is 11.4 Å². The number of rotatable bonds is 5. The van der Waals surface area contributed by atoms with Crippen molar-refractivity contribution in [3.63, 3.8) is 0 Å². The molecule has 1 saturated heterocycles. The van der Waals surface area contributed by atoms with Crippen LogP contribution in [0.25, 0.3) is 0 Å². The van der Waals surface area contributed by atoms with Crippen molar-refractivity contribution in [3.8, 4) is 0 Å². The highest BCUT2D eigenvalue weighted by Gasteiger charge is 2.49. The summed E-state index contributed by atoms with van der Waals surface area (Å²) in [6, 6.07) is 18.6. The molecule has 4 heteroatoms. The van der Waals surface area contributed by atoms with Crippen molar-refractivity contribution in [2.45, 2.75) is 25.8 Å². The van der Waals surface area contributed by atoms with Crippen LogP contribution in [-0.4, -0.2) is 28.0 Å². The van der Waals surface area contributed by atoms with E-state index in [1.54, 1.807) is 11.0 Å². The third-order valence-corrected chi connectivity index (χ3v) is 4.91. The molecule has 1 aliphatic rings. The zero-order valence-corrected chi connectivity index (χ0v) is 15.4. The Labute approximate surface area is 154 Å². The van der Waals surface area contributed by atoms with E-state index in [2.05, 4.69) is 43.0 Å². The summed E-state index contributed by atoms with van der Waals surface area (Å²) in [5.74, 6) is 0.00534. The van der Waals surface area contributed by atoms with E-state index in [4.69, 9.17) is 12.2 Å². The minimum absolute atomic E-state index is 0.00534. The van der Waals surface area contributed by atoms with Crippen LogP contribution < -0.4 is 4.90 Å². The van der Waals surface area contributed by atoms with Crippen molar-refractivity contribution in [2.24, 2.45) is 0 Å². The summed E-state index contributed by atoms with van der Waals surface area (Å²) in [5, 5.41) is 0.533. The van der Waals surface area contributed by atoms with Gasteiger partial charge in [-0.15, -0.1) is 6.58 Å². The summed E-state index contributed by atoms with van der Waals surface area (Å²) in [5.41, 5.74) is 2.75. The highest BCUT2D eigenvalue weighted by Crippen LogP contribution is 2.33. The first-order valence-electron chi connectivity index (χ1n) is 8.35. The van der Waals surface area contributed by atoms with Crippen LogP contribution in [0.15, 0.2) is 67.3 Å². The Hall–Kier alpha value is -2.46. The van der Waals surface area contributed by atoms with E-state index in [0.29, 0.717) is 11.7 Å². The lowest BCUT2D eigenvalue weighted by molar-refractivity contribution is -0.129. The van der Waals surface area contributed by atoms with E-state index in [0.717, 1.165) is 12.1 Å². The Morgan fingerprint density at radius 2 is 1.64 bits per heavy atom. The van der Waals surface area contributed by atoms with E-state index in [1.807, 2.05) is 36.9 Å². The minimum atomic E-state index is -0.693. The van der Waals surface area contributed by atoms with Crippen LogP contribution in [0.4, 0.5) is 5.69 Å². The lowest BCUT2D eigenvalue weighted by atomic mass is 10.0. The first kappa shape index (κ1) is 17.4. The topological polar surface area (TPSA) is 23.6 Å². The average molecular weight is 350 g/mol. The van der Waals surface area contributed by atoms with Gasteiger partial charge >= 0.3 is 0 Å². The molecule has 0 spiro atoms. The SMILES string of the molecule is C=CCN1C(=O)C(C)(C)N(c2ccc(Cc3ccccc3)cc2)C1=S. The van der Waals surface area contributed by atoms with Crippen LogP contribution in [0.3, 0.4) is 0 Å². The number of thiocarbonyl (C=S) groups is 1. The smallest absolute Gasteiger partial charge is 0.254 e. The van der Waals surface area contributed by atoms with Crippen molar-refractivity contribution in [3.05, 3.63) is 78.4 Å². The van der Waals surface area contributed by atoms with Gasteiger partial charge in [-0.1, -0.05) is 48.5 Å². The monoisotopic (exact) mass is 350 g/mol. The number of amides is 1. The zero-order valence-electron chi connectivity index (χ0n) is 14.6. The van der Waals surface area contributed by atoms with Gasteiger partial charge in [0.25, 0.3) is 5.91 Å². The second-order valence-corrected chi connectivity index (χ2v) is 7.08. The zero-order chi connectivity index (χ0) is 18.0. The molecule has 2 aromatic carbocycles. The Bertz CT molecular complexity index is 796. The molecule has 0 unspecified atom stereocenters. The Morgan fingerprint density at radius 3 is 2.24 bits per heavy atom. The predicted molar refractivity (Wildman–Crippen MR) is 107 cm³/mol. The molecule has 0 aliphatic carbocycles. The van der Waals surface area contributed by atoms with Gasteiger partial charge < -0.3 is 4.90 Å². The number of carbonyl (C=O) groups is 1. The summed E-state index contributed by atoms with van der Waals surface area (Å²) < 4.78 is 0. The summed E-state index contributed by atoms with van der Waals surface area (Å²) in [6.07, 6.45) is 2.59. The van der Waals surface area contributed by atoms with Gasteiger partial charge in [-0.2, -0.15) is 0 Å². The summed E-state index contributed by atoms with van der Waals surface area (Å²) in [4.78, 5) is 16.2. The molecule has 1 aliphatic heterocycles. The van der Waals surface area contributed by atoms with Crippen LogP contribution in [0.1, 0.15) is 25.0 Å². The number of anilines is 1. The molecule has 3 rings (SSSR count). The van der Waals surface area contributed by atoms with Gasteiger partial charge in [0.2, 0.25) is 0 Å². The van der Waals surface area contributed by atoms with E-state index in [1.165, 1.54) is 11.1 Å². The van der Waals surface area contributed by atoms with Gasteiger partial charge in [-0.3, -0.25) is 9.69 Å². The lowest BCUT2D eigenvalue weighted by Gasteiger charge is -2.29. The van der Waals surface area contributed by atoms with E-state index < -0.39 is 5.54 Å². The molecule has 25 heavy (non-hydrogen) atoms. The van der Waals surface area contributed by atoms with Gasteiger partial charge in [0, 0.05) is 12.2 Å². The molecular weight excluding hydrogens is 328 g/mol. The summed E-state index contributed by atoms with van der Waals surface area (Å²) in [7, 11) is 0. The molecular formula is C21H22N2OS. The van der Waals surface area contributed by atoms with E-state index in [9.17, 15) is 4.79 Å². The number of nitrogens with zero attached hydrogens (tertiary/aromatic N) is 2. The van der Waals surface area contributed by atoms with E-state index >= 15 is 0 Å². The van der Waals surface area contributed by atoms with Gasteiger partial charge in [0.15, 0.2) is 5.11 Å². The number of carbonyl (C=O) groups excluding carboxylic acids is 1. The molecule has 0 saturated carbocycles. The molecule has 0 radical (unpaired) electrons. The molecule has 128 valence electrons. The third-order valence-electron chi connectivity index (χ3n) is 4.51. The first-order chi connectivity index (χ1) is 11.9. The normalized spacial score (nSPS) is 16.4. The standard InChI is InChI=1S/C21H22N2OS/c1-4-14-22-19(24)21(2,3)23(20(22)25)18-12-10-17(11-13-18)15-16-8-6-5-7-9-16/h4-13H,1,14-15H2,2-3H3. The maximum absolute atomic E-state index is 12.7. The lowest BCUT2D eigenvalue weighted by Crippen LogP contribution is -2.44. The molecule has 0 atom stereocenters. The van der Waals surface area contributed by atoms with Crippen molar-refractivity contribution in [1.82, 2.24) is 4.90 Å². The molecule has 3 nitrogen and oxygen atoms in total. The molecule has 0 aromatic heterocycles. The molecule has 2 aromatic rings.